The Morgan fingerprint density at radius 2 is 1.78 bits per heavy atom. The molecule has 2 N–H and O–H groups in total. The molecular weight excluding hydrogens is 324 g/mol. The predicted octanol–water partition coefficient (Wildman–Crippen LogP) is 1.46. The Morgan fingerprint density at radius 3 is 2.39 bits per heavy atom. The molecule has 0 spiro atoms. The number of furan rings is 1. The summed E-state index contributed by atoms with van der Waals surface area (Å²) in [5.74, 6) is 0.248. The highest BCUT2D eigenvalue weighted by atomic mass is 32.2. The van der Waals surface area contributed by atoms with Crippen molar-refractivity contribution in [2.24, 2.45) is 0 Å². The van der Waals surface area contributed by atoms with Crippen molar-refractivity contribution < 1.29 is 27.1 Å². The van der Waals surface area contributed by atoms with E-state index in [2.05, 4.69) is 10.0 Å². The van der Waals surface area contributed by atoms with E-state index in [1.807, 2.05) is 0 Å². The number of sulfonamides is 1. The van der Waals surface area contributed by atoms with E-state index in [4.69, 9.17) is 13.9 Å². The van der Waals surface area contributed by atoms with E-state index in [1.165, 1.54) is 33.4 Å². The molecule has 1 amide bonds. The minimum Gasteiger partial charge on any atom is -0.493 e. The fourth-order valence-corrected chi connectivity index (χ4v) is 2.44. The summed E-state index contributed by atoms with van der Waals surface area (Å²) >= 11 is 0. The SMILES string of the molecule is CNS(=O)(=O)c1ccc(C(=O)Nc2ccc(OC)c(OC)c2)o1. The molecule has 124 valence electrons. The van der Waals surface area contributed by atoms with E-state index >= 15 is 0 Å². The minimum atomic E-state index is -3.74. The van der Waals surface area contributed by atoms with E-state index in [-0.39, 0.29) is 10.9 Å². The standard InChI is InChI=1S/C14H16N2O6S/c1-15-23(18,19)13-7-6-11(22-13)14(17)16-9-4-5-10(20-2)12(8-9)21-3/h4-8,15H,1-3H3,(H,16,17). The molecule has 0 fully saturated rings. The molecule has 23 heavy (non-hydrogen) atoms. The molecule has 1 aromatic carbocycles. The number of ether oxygens (including phenoxy) is 2. The average Bonchev–Trinajstić information content (AvgIpc) is 3.05. The van der Waals surface area contributed by atoms with Crippen LogP contribution in [0.25, 0.3) is 0 Å². The van der Waals surface area contributed by atoms with Crippen molar-refractivity contribution in [2.75, 3.05) is 26.6 Å². The highest BCUT2D eigenvalue weighted by molar-refractivity contribution is 7.89. The third kappa shape index (κ3) is 3.63. The summed E-state index contributed by atoms with van der Waals surface area (Å²) < 4.78 is 40.6. The fraction of sp³-hybridized carbons (Fsp3) is 0.214. The van der Waals surface area contributed by atoms with Crippen LogP contribution in [0.15, 0.2) is 39.8 Å². The summed E-state index contributed by atoms with van der Waals surface area (Å²) in [4.78, 5) is 12.1. The molecule has 0 saturated carbocycles. The molecule has 1 heterocycles. The molecular formula is C14H16N2O6S. The van der Waals surface area contributed by atoms with Crippen LogP contribution in [-0.4, -0.2) is 35.6 Å². The molecule has 0 saturated heterocycles. The van der Waals surface area contributed by atoms with Crippen molar-refractivity contribution in [2.45, 2.75) is 5.09 Å². The summed E-state index contributed by atoms with van der Waals surface area (Å²) in [6.45, 7) is 0. The monoisotopic (exact) mass is 340 g/mol. The van der Waals surface area contributed by atoms with Gasteiger partial charge in [-0.1, -0.05) is 0 Å². The average molecular weight is 340 g/mol. The Bertz CT molecular complexity index is 812. The van der Waals surface area contributed by atoms with Crippen molar-refractivity contribution in [1.82, 2.24) is 4.72 Å². The normalized spacial score (nSPS) is 11.1. The first kappa shape index (κ1) is 16.8. The van der Waals surface area contributed by atoms with Crippen LogP contribution in [0, 0.1) is 0 Å². The smallest absolute Gasteiger partial charge is 0.291 e. The number of methoxy groups -OCH3 is 2. The van der Waals surface area contributed by atoms with Crippen LogP contribution in [0.4, 0.5) is 5.69 Å². The topological polar surface area (TPSA) is 107 Å². The van der Waals surface area contributed by atoms with Crippen molar-refractivity contribution >= 4 is 21.6 Å². The van der Waals surface area contributed by atoms with Crippen LogP contribution in [0.1, 0.15) is 10.6 Å². The van der Waals surface area contributed by atoms with Gasteiger partial charge in [-0.3, -0.25) is 4.79 Å². The van der Waals surface area contributed by atoms with Gasteiger partial charge < -0.3 is 19.2 Å². The summed E-state index contributed by atoms with van der Waals surface area (Å²) in [6, 6.07) is 7.31. The number of carbonyl (C=O) groups is 1. The van der Waals surface area contributed by atoms with E-state index in [1.54, 1.807) is 18.2 Å². The third-order valence-corrected chi connectivity index (χ3v) is 4.27. The molecule has 0 unspecified atom stereocenters. The molecule has 0 aliphatic heterocycles. The summed E-state index contributed by atoms with van der Waals surface area (Å²) in [5, 5.41) is 2.25. The highest BCUT2D eigenvalue weighted by Crippen LogP contribution is 2.30. The zero-order chi connectivity index (χ0) is 17.0. The van der Waals surface area contributed by atoms with Gasteiger partial charge in [-0.05, 0) is 31.3 Å². The number of carbonyl (C=O) groups excluding carboxylic acids is 1. The maximum atomic E-state index is 12.1. The molecule has 2 rings (SSSR count). The van der Waals surface area contributed by atoms with Crippen LogP contribution in [0.2, 0.25) is 0 Å². The van der Waals surface area contributed by atoms with E-state index in [0.29, 0.717) is 17.2 Å². The Hall–Kier alpha value is -2.52. The Kier molecular flexibility index (Phi) is 4.92. The van der Waals surface area contributed by atoms with Gasteiger partial charge in [-0.15, -0.1) is 0 Å². The second-order valence-electron chi connectivity index (χ2n) is 4.35. The predicted molar refractivity (Wildman–Crippen MR) is 82.5 cm³/mol. The van der Waals surface area contributed by atoms with Gasteiger partial charge in [-0.2, -0.15) is 0 Å². The lowest BCUT2D eigenvalue weighted by atomic mass is 10.2. The zero-order valence-electron chi connectivity index (χ0n) is 12.7. The number of anilines is 1. The molecule has 0 radical (unpaired) electrons. The maximum Gasteiger partial charge on any atom is 0.291 e. The van der Waals surface area contributed by atoms with Gasteiger partial charge in [0.05, 0.1) is 14.2 Å². The number of benzene rings is 1. The van der Waals surface area contributed by atoms with Gasteiger partial charge in [-0.25, -0.2) is 13.1 Å². The van der Waals surface area contributed by atoms with Crippen molar-refractivity contribution in [3.05, 3.63) is 36.1 Å². The Morgan fingerprint density at radius 1 is 1.09 bits per heavy atom. The van der Waals surface area contributed by atoms with E-state index < -0.39 is 15.9 Å². The van der Waals surface area contributed by atoms with E-state index in [9.17, 15) is 13.2 Å². The number of amides is 1. The van der Waals surface area contributed by atoms with Crippen molar-refractivity contribution in [3.63, 3.8) is 0 Å². The lowest BCUT2D eigenvalue weighted by molar-refractivity contribution is 0.0991. The lowest BCUT2D eigenvalue weighted by Crippen LogP contribution is -2.18. The second kappa shape index (κ2) is 6.71. The number of nitrogens with one attached hydrogen (secondary N) is 2. The number of hydrogen-bond acceptors (Lipinski definition) is 6. The zero-order valence-corrected chi connectivity index (χ0v) is 13.6. The van der Waals surface area contributed by atoms with Gasteiger partial charge in [0, 0.05) is 11.8 Å². The Balaban J connectivity index is 2.20. The second-order valence-corrected chi connectivity index (χ2v) is 6.17. The fourth-order valence-electron chi connectivity index (χ4n) is 1.79. The summed E-state index contributed by atoms with van der Waals surface area (Å²) in [5.41, 5.74) is 0.446. The quantitative estimate of drug-likeness (QED) is 0.824. The highest BCUT2D eigenvalue weighted by Gasteiger charge is 2.19. The summed E-state index contributed by atoms with van der Waals surface area (Å²) in [6.07, 6.45) is 0. The van der Waals surface area contributed by atoms with Crippen molar-refractivity contribution in [1.29, 1.82) is 0 Å². The van der Waals surface area contributed by atoms with Gasteiger partial charge in [0.2, 0.25) is 5.09 Å². The number of hydrogen-bond donors (Lipinski definition) is 2. The van der Waals surface area contributed by atoms with E-state index in [0.717, 1.165) is 0 Å². The van der Waals surface area contributed by atoms with Crippen LogP contribution in [0.5, 0.6) is 11.5 Å². The Labute approximate surface area is 133 Å². The summed E-state index contributed by atoms with van der Waals surface area (Å²) in [7, 11) is 0.494. The lowest BCUT2D eigenvalue weighted by Gasteiger charge is -2.09. The molecule has 2 aromatic rings. The molecule has 0 atom stereocenters. The largest absolute Gasteiger partial charge is 0.493 e. The first-order valence-corrected chi connectivity index (χ1v) is 7.96. The molecule has 1 aromatic heterocycles. The molecule has 0 aliphatic rings. The van der Waals surface area contributed by atoms with Gasteiger partial charge in [0.15, 0.2) is 17.3 Å². The maximum absolute atomic E-state index is 12.1. The third-order valence-electron chi connectivity index (χ3n) is 2.98. The first-order valence-electron chi connectivity index (χ1n) is 6.48. The van der Waals surface area contributed by atoms with Crippen LogP contribution < -0.4 is 19.5 Å². The van der Waals surface area contributed by atoms with Gasteiger partial charge >= 0.3 is 0 Å². The minimum absolute atomic E-state index is 0.131. The molecule has 0 bridgehead atoms. The van der Waals surface area contributed by atoms with Crippen LogP contribution >= 0.6 is 0 Å². The molecule has 8 nitrogen and oxygen atoms in total. The van der Waals surface area contributed by atoms with Crippen molar-refractivity contribution in [3.8, 4) is 11.5 Å². The molecule has 9 heteroatoms. The molecule has 0 aliphatic carbocycles. The van der Waals surface area contributed by atoms with Crippen LogP contribution in [-0.2, 0) is 10.0 Å². The number of rotatable bonds is 6. The van der Waals surface area contributed by atoms with Crippen LogP contribution in [0.3, 0.4) is 0 Å². The first-order chi connectivity index (χ1) is 10.9. The van der Waals surface area contributed by atoms with Gasteiger partial charge in [0.1, 0.15) is 0 Å². The van der Waals surface area contributed by atoms with Gasteiger partial charge in [0.25, 0.3) is 15.9 Å².